The number of nitrogens with zero attached hydrogens (tertiary/aromatic N) is 1. The Morgan fingerprint density at radius 3 is 2.56 bits per heavy atom. The van der Waals surface area contributed by atoms with Gasteiger partial charge in [0.05, 0.1) is 6.04 Å². The Balaban J connectivity index is 2.03. The lowest BCUT2D eigenvalue weighted by atomic mass is 10.1. The summed E-state index contributed by atoms with van der Waals surface area (Å²) in [4.78, 5) is 13.8. The van der Waals surface area contributed by atoms with Crippen LogP contribution in [0.3, 0.4) is 0 Å². The number of carbonyl (C=O) groups excluding carboxylic acids is 1. The van der Waals surface area contributed by atoms with Gasteiger partial charge in [-0.2, -0.15) is 0 Å². The van der Waals surface area contributed by atoms with Crippen LogP contribution in [0.25, 0.3) is 0 Å². The molecule has 1 rings (SSSR count). The minimum absolute atomic E-state index is 0.0834. The fourth-order valence-electron chi connectivity index (χ4n) is 2.31. The molecule has 1 aliphatic heterocycles. The third kappa shape index (κ3) is 4.12. The molecule has 1 atom stereocenters. The monoisotopic (exact) mass is 226 g/mol. The van der Waals surface area contributed by atoms with Crippen molar-refractivity contribution in [2.45, 2.75) is 57.9 Å². The van der Waals surface area contributed by atoms with E-state index in [0.29, 0.717) is 5.91 Å². The molecule has 0 aromatic rings. The number of amides is 1. The number of hydrogen-bond donors (Lipinski definition) is 1. The summed E-state index contributed by atoms with van der Waals surface area (Å²) in [6.45, 7) is 4.14. The Bertz CT molecular complexity index is 206. The first-order chi connectivity index (χ1) is 7.79. The van der Waals surface area contributed by atoms with Crippen molar-refractivity contribution in [1.82, 2.24) is 10.2 Å². The Morgan fingerprint density at radius 2 is 1.94 bits per heavy atom. The van der Waals surface area contributed by atoms with Crippen LogP contribution in [0.5, 0.6) is 0 Å². The van der Waals surface area contributed by atoms with Gasteiger partial charge in [-0.25, -0.2) is 0 Å². The summed E-state index contributed by atoms with van der Waals surface area (Å²) in [5.74, 6) is 0.302. The van der Waals surface area contributed by atoms with E-state index in [9.17, 15) is 4.79 Å². The second-order valence-electron chi connectivity index (χ2n) is 4.72. The maximum absolute atomic E-state index is 11.8. The highest BCUT2D eigenvalue weighted by molar-refractivity contribution is 5.83. The molecule has 1 fully saturated rings. The first-order valence-electron chi connectivity index (χ1n) is 6.75. The van der Waals surface area contributed by atoms with Crippen LogP contribution in [0, 0.1) is 0 Å². The van der Waals surface area contributed by atoms with Gasteiger partial charge >= 0.3 is 0 Å². The smallest absolute Gasteiger partial charge is 0.239 e. The van der Waals surface area contributed by atoms with Crippen LogP contribution in [0.1, 0.15) is 51.9 Å². The zero-order chi connectivity index (χ0) is 11.8. The lowest BCUT2D eigenvalue weighted by molar-refractivity contribution is -0.129. The zero-order valence-corrected chi connectivity index (χ0v) is 10.8. The van der Waals surface area contributed by atoms with Crippen molar-refractivity contribution in [3.63, 3.8) is 0 Å². The molecule has 0 spiro atoms. The van der Waals surface area contributed by atoms with Gasteiger partial charge in [0.1, 0.15) is 0 Å². The Labute approximate surface area is 99.6 Å². The zero-order valence-electron chi connectivity index (χ0n) is 10.8. The maximum Gasteiger partial charge on any atom is 0.239 e. The Kier molecular flexibility index (Phi) is 6.46. The highest BCUT2D eigenvalue weighted by Crippen LogP contribution is 2.12. The summed E-state index contributed by atoms with van der Waals surface area (Å²) in [6.07, 6.45) is 8.75. The van der Waals surface area contributed by atoms with E-state index in [1.165, 1.54) is 38.5 Å². The van der Waals surface area contributed by atoms with Crippen LogP contribution >= 0.6 is 0 Å². The molecule has 0 bridgehead atoms. The molecule has 0 aromatic heterocycles. The highest BCUT2D eigenvalue weighted by atomic mass is 16.2. The minimum Gasteiger partial charge on any atom is -0.341 e. The molecule has 1 amide bonds. The number of rotatable bonds is 8. The molecule has 1 N–H and O–H groups in total. The largest absolute Gasteiger partial charge is 0.341 e. The van der Waals surface area contributed by atoms with Gasteiger partial charge in [0.2, 0.25) is 5.91 Å². The van der Waals surface area contributed by atoms with Crippen molar-refractivity contribution >= 4 is 5.91 Å². The third-order valence-electron chi connectivity index (χ3n) is 3.43. The number of likely N-dealkylation sites (N-methyl/N-ethyl adjacent to an activating group) is 1. The molecule has 1 aliphatic rings. The molecule has 1 unspecified atom stereocenters. The highest BCUT2D eigenvalue weighted by Gasteiger charge is 2.29. The van der Waals surface area contributed by atoms with Gasteiger partial charge in [-0.3, -0.25) is 4.79 Å². The summed E-state index contributed by atoms with van der Waals surface area (Å²) < 4.78 is 0. The van der Waals surface area contributed by atoms with Gasteiger partial charge in [-0.1, -0.05) is 39.0 Å². The average Bonchev–Trinajstić information content (AvgIpc) is 2.65. The van der Waals surface area contributed by atoms with Crippen LogP contribution in [0.4, 0.5) is 0 Å². The molecule has 1 saturated heterocycles. The molecule has 0 radical (unpaired) electrons. The summed E-state index contributed by atoms with van der Waals surface area (Å²) >= 11 is 0. The average molecular weight is 226 g/mol. The molecule has 0 aromatic carbocycles. The predicted octanol–water partition coefficient (Wildman–Crippen LogP) is 2.17. The fraction of sp³-hybridized carbons (Fsp3) is 0.923. The second-order valence-corrected chi connectivity index (χ2v) is 4.72. The number of unbranched alkanes of at least 4 members (excludes halogenated alkanes) is 5. The molecule has 0 saturated carbocycles. The summed E-state index contributed by atoms with van der Waals surface area (Å²) in [5, 5.41) is 3.07. The van der Waals surface area contributed by atoms with Crippen molar-refractivity contribution < 1.29 is 4.79 Å². The van der Waals surface area contributed by atoms with E-state index in [1.807, 2.05) is 11.9 Å². The Hall–Kier alpha value is -0.570. The minimum atomic E-state index is 0.0834. The van der Waals surface area contributed by atoms with Gasteiger partial charge in [-0.05, 0) is 19.9 Å². The number of carbonyl (C=O) groups is 1. The number of likely N-dealkylation sites (tertiary alicyclic amines) is 1. The summed E-state index contributed by atoms with van der Waals surface area (Å²) in [5.41, 5.74) is 0. The third-order valence-corrected chi connectivity index (χ3v) is 3.43. The van der Waals surface area contributed by atoms with Crippen molar-refractivity contribution in [3.05, 3.63) is 0 Å². The van der Waals surface area contributed by atoms with E-state index in [-0.39, 0.29) is 6.04 Å². The van der Waals surface area contributed by atoms with Crippen LogP contribution in [-0.4, -0.2) is 37.0 Å². The Morgan fingerprint density at radius 1 is 1.25 bits per heavy atom. The van der Waals surface area contributed by atoms with E-state index in [1.54, 1.807) is 0 Å². The molecule has 16 heavy (non-hydrogen) atoms. The SMILES string of the molecule is CCCCCCCCN1CCC(NC)C1=O. The first kappa shape index (κ1) is 13.5. The molecule has 3 heteroatoms. The maximum atomic E-state index is 11.8. The van der Waals surface area contributed by atoms with Crippen LogP contribution in [0.15, 0.2) is 0 Å². The van der Waals surface area contributed by atoms with E-state index < -0.39 is 0 Å². The molecule has 1 heterocycles. The van der Waals surface area contributed by atoms with E-state index in [2.05, 4.69) is 12.2 Å². The molecule has 3 nitrogen and oxygen atoms in total. The molecular weight excluding hydrogens is 200 g/mol. The quantitative estimate of drug-likeness (QED) is 0.643. The van der Waals surface area contributed by atoms with Crippen molar-refractivity contribution in [2.75, 3.05) is 20.1 Å². The summed E-state index contributed by atoms with van der Waals surface area (Å²) in [6, 6.07) is 0.0834. The fourth-order valence-corrected chi connectivity index (χ4v) is 2.31. The normalized spacial score (nSPS) is 20.8. The van der Waals surface area contributed by atoms with E-state index in [0.717, 1.165) is 19.5 Å². The van der Waals surface area contributed by atoms with Gasteiger partial charge in [-0.15, -0.1) is 0 Å². The van der Waals surface area contributed by atoms with E-state index >= 15 is 0 Å². The number of hydrogen-bond acceptors (Lipinski definition) is 2. The van der Waals surface area contributed by atoms with Crippen molar-refractivity contribution in [1.29, 1.82) is 0 Å². The number of nitrogens with one attached hydrogen (secondary N) is 1. The second kappa shape index (κ2) is 7.66. The predicted molar refractivity (Wildman–Crippen MR) is 67.4 cm³/mol. The van der Waals surface area contributed by atoms with Crippen LogP contribution in [0.2, 0.25) is 0 Å². The van der Waals surface area contributed by atoms with Gasteiger partial charge in [0.15, 0.2) is 0 Å². The lowest BCUT2D eigenvalue weighted by Gasteiger charge is -2.16. The van der Waals surface area contributed by atoms with Gasteiger partial charge in [0.25, 0.3) is 0 Å². The topological polar surface area (TPSA) is 32.3 Å². The lowest BCUT2D eigenvalue weighted by Crippen LogP contribution is -2.36. The first-order valence-corrected chi connectivity index (χ1v) is 6.75. The molecular formula is C13H26N2O. The molecule has 94 valence electrons. The van der Waals surface area contributed by atoms with Crippen molar-refractivity contribution in [3.8, 4) is 0 Å². The van der Waals surface area contributed by atoms with Crippen molar-refractivity contribution in [2.24, 2.45) is 0 Å². The van der Waals surface area contributed by atoms with Crippen LogP contribution < -0.4 is 5.32 Å². The summed E-state index contributed by atoms with van der Waals surface area (Å²) in [7, 11) is 1.87. The van der Waals surface area contributed by atoms with Gasteiger partial charge in [0, 0.05) is 13.1 Å². The standard InChI is InChI=1S/C13H26N2O/c1-3-4-5-6-7-8-10-15-11-9-12(14-2)13(15)16/h12,14H,3-11H2,1-2H3. The molecule has 0 aliphatic carbocycles. The van der Waals surface area contributed by atoms with Gasteiger partial charge < -0.3 is 10.2 Å². The van der Waals surface area contributed by atoms with Crippen LogP contribution in [-0.2, 0) is 4.79 Å². The van der Waals surface area contributed by atoms with E-state index in [4.69, 9.17) is 0 Å².